The molecule has 3 rings (SSSR count). The maximum atomic E-state index is 11.7. The van der Waals surface area contributed by atoms with Gasteiger partial charge < -0.3 is 9.64 Å². The molecule has 0 unspecified atom stereocenters. The zero-order valence-electron chi connectivity index (χ0n) is 12.6. The van der Waals surface area contributed by atoms with E-state index in [0.717, 1.165) is 11.1 Å². The van der Waals surface area contributed by atoms with E-state index >= 15 is 0 Å². The van der Waals surface area contributed by atoms with E-state index in [1.807, 2.05) is 25.1 Å². The number of aromatic nitrogens is 1. The quantitative estimate of drug-likeness (QED) is 0.799. The number of nitrogens with zero attached hydrogens (tertiary/aromatic N) is 3. The van der Waals surface area contributed by atoms with Crippen molar-refractivity contribution in [1.82, 2.24) is 4.98 Å². The van der Waals surface area contributed by atoms with Crippen LogP contribution in [0.2, 0.25) is 0 Å². The molecule has 1 fully saturated rings. The Morgan fingerprint density at radius 2 is 2.23 bits per heavy atom. The minimum Gasteiger partial charge on any atom is -0.365 e. The molecule has 112 valence electrons. The summed E-state index contributed by atoms with van der Waals surface area (Å²) in [6.45, 7) is 12.0. The van der Waals surface area contributed by atoms with Gasteiger partial charge in [-0.25, -0.2) is 4.85 Å². The third-order valence-electron chi connectivity index (χ3n) is 3.90. The number of carbonyl (C=O) groups excluding carboxylic acids is 1. The minimum absolute atomic E-state index is 0.0186. The molecular formula is C17H17N3O2. The molecule has 5 nitrogen and oxygen atoms in total. The molecule has 1 aromatic carbocycles. The van der Waals surface area contributed by atoms with Crippen LogP contribution in [0.3, 0.4) is 0 Å². The summed E-state index contributed by atoms with van der Waals surface area (Å²) in [6, 6.07) is 7.56. The fraction of sp³-hybridized carbons (Fsp3) is 0.353. The van der Waals surface area contributed by atoms with Gasteiger partial charge in [-0.2, -0.15) is 0 Å². The van der Waals surface area contributed by atoms with Crippen molar-refractivity contribution < 1.29 is 9.53 Å². The van der Waals surface area contributed by atoms with Crippen molar-refractivity contribution in [3.05, 3.63) is 41.9 Å². The summed E-state index contributed by atoms with van der Waals surface area (Å²) < 4.78 is 5.70. The van der Waals surface area contributed by atoms with Crippen LogP contribution in [-0.4, -0.2) is 36.1 Å². The molecule has 0 bridgehead atoms. The molecule has 1 aromatic heterocycles. The summed E-state index contributed by atoms with van der Waals surface area (Å²) in [5.74, 6) is 0.0387. The number of carbonyl (C=O) groups is 1. The molecule has 0 spiro atoms. The Balaban J connectivity index is 2.07. The first-order valence-electron chi connectivity index (χ1n) is 7.26. The first kappa shape index (κ1) is 14.5. The largest absolute Gasteiger partial charge is 0.365 e. The average Bonchev–Trinajstić information content (AvgIpc) is 2.53. The number of ether oxygens (including phenoxy) is 1. The van der Waals surface area contributed by atoms with Crippen molar-refractivity contribution in [3.8, 4) is 0 Å². The summed E-state index contributed by atoms with van der Waals surface area (Å²) in [5, 5.41) is 0.937. The summed E-state index contributed by atoms with van der Waals surface area (Å²) in [5.41, 5.74) is 2.24. The molecular weight excluding hydrogens is 278 g/mol. The first-order valence-corrected chi connectivity index (χ1v) is 7.26. The van der Waals surface area contributed by atoms with Gasteiger partial charge in [0, 0.05) is 23.8 Å². The van der Waals surface area contributed by atoms with Gasteiger partial charge in [0.2, 0.25) is 5.69 Å². The number of morpholine rings is 1. The van der Waals surface area contributed by atoms with Crippen LogP contribution in [0.1, 0.15) is 13.8 Å². The molecule has 1 aliphatic rings. The van der Waals surface area contributed by atoms with E-state index < -0.39 is 6.10 Å². The van der Waals surface area contributed by atoms with E-state index in [2.05, 4.69) is 14.7 Å². The van der Waals surface area contributed by atoms with Gasteiger partial charge >= 0.3 is 0 Å². The smallest absolute Gasteiger partial charge is 0.213 e. The zero-order chi connectivity index (χ0) is 15.7. The van der Waals surface area contributed by atoms with Crippen LogP contribution >= 0.6 is 0 Å². The number of hydrogen-bond donors (Lipinski definition) is 0. The number of ketones is 1. The molecule has 2 heterocycles. The molecule has 0 saturated carbocycles. The standard InChI is InChI=1S/C17H17N3O2/c1-11-9-20(10-16(22-11)12(2)21)15-7-6-14(18-3)17-13(15)5-4-8-19-17/h4-8,11,16H,9-10H2,1-2H3/t11-,16-/m1/s1. The van der Waals surface area contributed by atoms with Crippen molar-refractivity contribution in [3.63, 3.8) is 0 Å². The fourth-order valence-electron chi connectivity index (χ4n) is 2.88. The third kappa shape index (κ3) is 2.53. The van der Waals surface area contributed by atoms with Gasteiger partial charge in [-0.05, 0) is 26.0 Å². The van der Waals surface area contributed by atoms with E-state index in [0.29, 0.717) is 24.3 Å². The molecule has 5 heteroatoms. The second-order valence-corrected chi connectivity index (χ2v) is 5.57. The van der Waals surface area contributed by atoms with Crippen molar-refractivity contribution >= 4 is 28.1 Å². The third-order valence-corrected chi connectivity index (χ3v) is 3.90. The van der Waals surface area contributed by atoms with Gasteiger partial charge in [-0.15, -0.1) is 0 Å². The normalized spacial score (nSPS) is 21.6. The number of benzene rings is 1. The summed E-state index contributed by atoms with van der Waals surface area (Å²) >= 11 is 0. The van der Waals surface area contributed by atoms with Gasteiger partial charge in [-0.3, -0.25) is 9.78 Å². The molecule has 0 aliphatic carbocycles. The van der Waals surface area contributed by atoms with Crippen molar-refractivity contribution in [2.75, 3.05) is 18.0 Å². The number of anilines is 1. The minimum atomic E-state index is -0.406. The Morgan fingerprint density at radius 1 is 1.41 bits per heavy atom. The van der Waals surface area contributed by atoms with E-state index in [-0.39, 0.29) is 11.9 Å². The Morgan fingerprint density at radius 3 is 2.95 bits per heavy atom. The molecule has 1 saturated heterocycles. The predicted octanol–water partition coefficient (Wildman–Crippen LogP) is 2.97. The molecule has 2 atom stereocenters. The highest BCUT2D eigenvalue weighted by atomic mass is 16.5. The lowest BCUT2D eigenvalue weighted by Crippen LogP contribution is -2.49. The Bertz CT molecular complexity index is 766. The Labute approximate surface area is 129 Å². The predicted molar refractivity (Wildman–Crippen MR) is 85.2 cm³/mol. The number of rotatable bonds is 2. The van der Waals surface area contributed by atoms with Crippen LogP contribution < -0.4 is 4.90 Å². The molecule has 1 aliphatic heterocycles. The monoisotopic (exact) mass is 295 g/mol. The van der Waals surface area contributed by atoms with Gasteiger partial charge in [0.25, 0.3) is 0 Å². The van der Waals surface area contributed by atoms with Crippen LogP contribution in [0, 0.1) is 6.57 Å². The molecule has 22 heavy (non-hydrogen) atoms. The van der Waals surface area contributed by atoms with Gasteiger partial charge in [0.1, 0.15) is 6.10 Å². The van der Waals surface area contributed by atoms with E-state index in [1.54, 1.807) is 19.2 Å². The summed E-state index contributed by atoms with van der Waals surface area (Å²) in [7, 11) is 0. The molecule has 0 amide bonds. The lowest BCUT2D eigenvalue weighted by molar-refractivity contribution is -0.132. The lowest BCUT2D eigenvalue weighted by Gasteiger charge is -2.37. The number of hydrogen-bond acceptors (Lipinski definition) is 4. The number of Topliss-reactive ketones (excluding diaryl/α,β-unsaturated/α-hetero) is 1. The summed E-state index contributed by atoms with van der Waals surface area (Å²) in [4.78, 5) is 21.7. The zero-order valence-corrected chi connectivity index (χ0v) is 12.6. The maximum Gasteiger partial charge on any atom is 0.213 e. The van der Waals surface area contributed by atoms with E-state index in [1.165, 1.54) is 0 Å². The highest BCUT2D eigenvalue weighted by Crippen LogP contribution is 2.33. The maximum absolute atomic E-state index is 11.7. The van der Waals surface area contributed by atoms with Gasteiger partial charge in [0.05, 0.1) is 24.7 Å². The van der Waals surface area contributed by atoms with Crippen LogP contribution in [0.25, 0.3) is 15.7 Å². The fourth-order valence-corrected chi connectivity index (χ4v) is 2.88. The average molecular weight is 295 g/mol. The van der Waals surface area contributed by atoms with Crippen LogP contribution in [0.5, 0.6) is 0 Å². The molecule has 2 aromatic rings. The molecule has 0 N–H and O–H groups in total. The highest BCUT2D eigenvalue weighted by Gasteiger charge is 2.29. The van der Waals surface area contributed by atoms with Crippen LogP contribution in [0.4, 0.5) is 11.4 Å². The van der Waals surface area contributed by atoms with Crippen LogP contribution in [-0.2, 0) is 9.53 Å². The second-order valence-electron chi connectivity index (χ2n) is 5.57. The van der Waals surface area contributed by atoms with Crippen LogP contribution in [0.15, 0.2) is 30.5 Å². The first-order chi connectivity index (χ1) is 10.6. The highest BCUT2D eigenvalue weighted by molar-refractivity contribution is 6.00. The lowest BCUT2D eigenvalue weighted by atomic mass is 10.1. The number of pyridine rings is 1. The number of fused-ring (bicyclic) bond motifs is 1. The summed E-state index contributed by atoms with van der Waals surface area (Å²) in [6.07, 6.45) is 1.27. The second kappa shape index (κ2) is 5.74. The van der Waals surface area contributed by atoms with Gasteiger partial charge in [0.15, 0.2) is 5.78 Å². The van der Waals surface area contributed by atoms with Crippen molar-refractivity contribution in [2.24, 2.45) is 0 Å². The van der Waals surface area contributed by atoms with Crippen molar-refractivity contribution in [1.29, 1.82) is 0 Å². The molecule has 0 radical (unpaired) electrons. The van der Waals surface area contributed by atoms with Crippen molar-refractivity contribution in [2.45, 2.75) is 26.1 Å². The van der Waals surface area contributed by atoms with E-state index in [9.17, 15) is 4.79 Å². The SMILES string of the molecule is [C-]#[N+]c1ccc(N2C[C@@H](C)O[C@@H](C(C)=O)C2)c2cccnc12. The van der Waals surface area contributed by atoms with E-state index in [4.69, 9.17) is 11.3 Å². The Hall–Kier alpha value is -2.45. The Kier molecular flexibility index (Phi) is 3.78. The van der Waals surface area contributed by atoms with Gasteiger partial charge in [-0.1, -0.05) is 12.1 Å². The topological polar surface area (TPSA) is 46.8 Å².